The van der Waals surface area contributed by atoms with Crippen LogP contribution < -0.4 is 5.32 Å². The van der Waals surface area contributed by atoms with Crippen molar-refractivity contribution in [1.82, 2.24) is 10.2 Å². The molecule has 1 heterocycles. The first-order chi connectivity index (χ1) is 9.28. The molecule has 1 saturated heterocycles. The van der Waals surface area contributed by atoms with Crippen molar-refractivity contribution in [1.29, 1.82) is 0 Å². The van der Waals surface area contributed by atoms with Crippen molar-refractivity contribution in [3.8, 4) is 0 Å². The molecule has 1 N–H and O–H groups in total. The molecule has 1 aliphatic carbocycles. The van der Waals surface area contributed by atoms with Crippen LogP contribution >= 0.6 is 15.9 Å². The van der Waals surface area contributed by atoms with Gasteiger partial charge in [-0.25, -0.2) is 0 Å². The minimum absolute atomic E-state index is 0.669. The molecule has 0 amide bonds. The van der Waals surface area contributed by atoms with Crippen LogP contribution in [0.15, 0.2) is 22.7 Å². The molecular formula is C16H23BrN2. The molecule has 2 atom stereocenters. The summed E-state index contributed by atoms with van der Waals surface area (Å²) in [6.07, 6.45) is 5.29. The molecule has 3 heteroatoms. The molecule has 0 radical (unpaired) electrons. The number of aryl methyl sites for hydroxylation is 1. The van der Waals surface area contributed by atoms with Gasteiger partial charge in [-0.05, 0) is 75.0 Å². The number of hydrogen-bond donors (Lipinski definition) is 1. The molecule has 2 unspecified atom stereocenters. The summed E-state index contributed by atoms with van der Waals surface area (Å²) in [6, 6.07) is 7.51. The number of benzene rings is 1. The average molecular weight is 323 g/mol. The molecule has 0 aromatic heterocycles. The first-order valence-corrected chi connectivity index (χ1v) is 8.24. The Morgan fingerprint density at radius 1 is 1.37 bits per heavy atom. The summed E-state index contributed by atoms with van der Waals surface area (Å²) in [5.74, 6) is 0.832. The summed E-state index contributed by atoms with van der Waals surface area (Å²) >= 11 is 3.59. The van der Waals surface area contributed by atoms with Gasteiger partial charge in [0.25, 0.3) is 0 Å². The summed E-state index contributed by atoms with van der Waals surface area (Å²) < 4.78 is 1.22. The van der Waals surface area contributed by atoms with E-state index in [9.17, 15) is 0 Å². The Bertz CT molecular complexity index is 444. The van der Waals surface area contributed by atoms with E-state index in [0.29, 0.717) is 6.04 Å². The van der Waals surface area contributed by atoms with Gasteiger partial charge in [-0.3, -0.25) is 4.90 Å². The highest BCUT2D eigenvalue weighted by molar-refractivity contribution is 9.10. The first-order valence-electron chi connectivity index (χ1n) is 7.45. The minimum atomic E-state index is 0.669. The molecule has 0 spiro atoms. The van der Waals surface area contributed by atoms with Crippen molar-refractivity contribution in [3.63, 3.8) is 0 Å². The van der Waals surface area contributed by atoms with Gasteiger partial charge in [-0.15, -0.1) is 0 Å². The van der Waals surface area contributed by atoms with E-state index in [1.54, 1.807) is 11.1 Å². The van der Waals surface area contributed by atoms with Crippen LogP contribution in [-0.2, 0) is 6.42 Å². The lowest BCUT2D eigenvalue weighted by molar-refractivity contribution is 0.122. The number of rotatable bonds is 3. The Kier molecular flexibility index (Phi) is 4.25. The zero-order valence-electron chi connectivity index (χ0n) is 11.7. The number of likely N-dealkylation sites (tertiary alicyclic amines) is 1. The maximum Gasteiger partial charge on any atom is 0.0354 e. The second-order valence-electron chi connectivity index (χ2n) is 5.96. The number of nitrogens with zero attached hydrogens (tertiary/aromatic N) is 1. The summed E-state index contributed by atoms with van der Waals surface area (Å²) in [5, 5.41) is 3.34. The Balaban J connectivity index is 1.74. The Morgan fingerprint density at radius 2 is 2.26 bits per heavy atom. The molecule has 104 valence electrons. The predicted molar refractivity (Wildman–Crippen MR) is 83.4 cm³/mol. The highest BCUT2D eigenvalue weighted by Crippen LogP contribution is 2.38. The second kappa shape index (κ2) is 5.94. The van der Waals surface area contributed by atoms with Gasteiger partial charge < -0.3 is 5.32 Å². The monoisotopic (exact) mass is 322 g/mol. The summed E-state index contributed by atoms with van der Waals surface area (Å²) in [5.41, 5.74) is 3.13. The molecule has 1 aliphatic heterocycles. The van der Waals surface area contributed by atoms with E-state index in [2.05, 4.69) is 51.4 Å². The average Bonchev–Trinajstić information content (AvgIpc) is 2.82. The SMILES string of the molecule is CNCC1CCCN(C2CCc3cc(Br)ccc32)C1. The fourth-order valence-electron chi connectivity index (χ4n) is 3.78. The van der Waals surface area contributed by atoms with Crippen LogP contribution in [0.2, 0.25) is 0 Å². The zero-order chi connectivity index (χ0) is 13.2. The molecule has 19 heavy (non-hydrogen) atoms. The minimum Gasteiger partial charge on any atom is -0.319 e. The largest absolute Gasteiger partial charge is 0.319 e. The van der Waals surface area contributed by atoms with Crippen molar-refractivity contribution < 1.29 is 0 Å². The molecular weight excluding hydrogens is 300 g/mol. The van der Waals surface area contributed by atoms with Gasteiger partial charge in [0.05, 0.1) is 0 Å². The van der Waals surface area contributed by atoms with Crippen LogP contribution in [0.3, 0.4) is 0 Å². The van der Waals surface area contributed by atoms with Gasteiger partial charge in [0.15, 0.2) is 0 Å². The number of halogens is 1. The standard InChI is InChI=1S/C16H23BrN2/c1-18-10-12-3-2-8-19(11-12)16-7-4-13-9-14(17)5-6-15(13)16/h5-6,9,12,16,18H,2-4,7-8,10-11H2,1H3. The smallest absolute Gasteiger partial charge is 0.0354 e. The number of nitrogens with one attached hydrogen (secondary N) is 1. The highest BCUT2D eigenvalue weighted by atomic mass is 79.9. The normalized spacial score (nSPS) is 27.5. The second-order valence-corrected chi connectivity index (χ2v) is 6.87. The molecule has 1 aromatic rings. The Morgan fingerprint density at radius 3 is 3.11 bits per heavy atom. The van der Waals surface area contributed by atoms with E-state index in [1.165, 1.54) is 43.2 Å². The Labute approximate surface area is 124 Å². The van der Waals surface area contributed by atoms with E-state index in [-0.39, 0.29) is 0 Å². The fourth-order valence-corrected chi connectivity index (χ4v) is 4.19. The third-order valence-corrected chi connectivity index (χ3v) is 5.13. The predicted octanol–water partition coefficient (Wildman–Crippen LogP) is 3.37. The molecule has 1 aromatic carbocycles. The number of fused-ring (bicyclic) bond motifs is 1. The maximum atomic E-state index is 3.59. The molecule has 1 fully saturated rings. The quantitative estimate of drug-likeness (QED) is 0.917. The third-order valence-electron chi connectivity index (χ3n) is 4.64. The van der Waals surface area contributed by atoms with Gasteiger partial charge in [-0.1, -0.05) is 22.0 Å². The van der Waals surface area contributed by atoms with Crippen molar-refractivity contribution >= 4 is 15.9 Å². The molecule has 0 saturated carbocycles. The van der Waals surface area contributed by atoms with Gasteiger partial charge >= 0.3 is 0 Å². The number of hydrogen-bond acceptors (Lipinski definition) is 2. The number of piperidine rings is 1. The van der Waals surface area contributed by atoms with Crippen molar-refractivity contribution in [2.75, 3.05) is 26.7 Å². The summed E-state index contributed by atoms with van der Waals surface area (Å²) in [7, 11) is 2.07. The zero-order valence-corrected chi connectivity index (χ0v) is 13.2. The van der Waals surface area contributed by atoms with Crippen LogP contribution in [-0.4, -0.2) is 31.6 Å². The van der Waals surface area contributed by atoms with Crippen LogP contribution in [0.4, 0.5) is 0 Å². The first kappa shape index (κ1) is 13.6. The van der Waals surface area contributed by atoms with Gasteiger partial charge in [0.1, 0.15) is 0 Å². The lowest BCUT2D eigenvalue weighted by Gasteiger charge is -2.37. The van der Waals surface area contributed by atoms with E-state index >= 15 is 0 Å². The van der Waals surface area contributed by atoms with E-state index in [0.717, 1.165) is 12.5 Å². The lowest BCUT2D eigenvalue weighted by Crippen LogP contribution is -2.40. The van der Waals surface area contributed by atoms with E-state index in [4.69, 9.17) is 0 Å². The summed E-state index contributed by atoms with van der Waals surface area (Å²) in [4.78, 5) is 2.73. The molecule has 0 bridgehead atoms. The third kappa shape index (κ3) is 2.88. The van der Waals surface area contributed by atoms with Crippen LogP contribution in [0.5, 0.6) is 0 Å². The maximum absolute atomic E-state index is 3.59. The van der Waals surface area contributed by atoms with Crippen LogP contribution in [0, 0.1) is 5.92 Å². The lowest BCUT2D eigenvalue weighted by atomic mass is 9.95. The van der Waals surface area contributed by atoms with Crippen molar-refractivity contribution in [2.24, 2.45) is 5.92 Å². The van der Waals surface area contributed by atoms with Crippen LogP contribution in [0.1, 0.15) is 36.4 Å². The summed E-state index contributed by atoms with van der Waals surface area (Å²) in [6.45, 7) is 3.71. The van der Waals surface area contributed by atoms with Crippen LogP contribution in [0.25, 0.3) is 0 Å². The highest BCUT2D eigenvalue weighted by Gasteiger charge is 2.31. The molecule has 2 aliphatic rings. The van der Waals surface area contributed by atoms with E-state index in [1.807, 2.05) is 0 Å². The molecule has 3 rings (SSSR count). The van der Waals surface area contributed by atoms with Crippen molar-refractivity contribution in [2.45, 2.75) is 31.7 Å². The Hall–Kier alpha value is -0.380. The van der Waals surface area contributed by atoms with E-state index < -0.39 is 0 Å². The fraction of sp³-hybridized carbons (Fsp3) is 0.625. The van der Waals surface area contributed by atoms with Gasteiger partial charge in [0.2, 0.25) is 0 Å². The van der Waals surface area contributed by atoms with Gasteiger partial charge in [-0.2, -0.15) is 0 Å². The molecule has 2 nitrogen and oxygen atoms in total. The van der Waals surface area contributed by atoms with Crippen molar-refractivity contribution in [3.05, 3.63) is 33.8 Å². The topological polar surface area (TPSA) is 15.3 Å². The van der Waals surface area contributed by atoms with Gasteiger partial charge in [0, 0.05) is 17.1 Å².